The number of nitrogens with one attached hydrogen (secondary N) is 2. The number of carbonyl (C=O) groups excluding carboxylic acids is 1. The van der Waals surface area contributed by atoms with Crippen molar-refractivity contribution < 1.29 is 13.6 Å². The number of benzene rings is 1. The van der Waals surface area contributed by atoms with Gasteiger partial charge in [-0.1, -0.05) is 32.9 Å². The number of allylic oxidation sites excluding steroid dienone is 1. The SMILES string of the molecule is CC(C)(C)c1ccc(NC(=O)Cc2ccc(-c3cnc4c(c3)C(F)=CC4=N)cc2F)cn1. The van der Waals surface area contributed by atoms with Crippen LogP contribution in [0.3, 0.4) is 0 Å². The summed E-state index contributed by atoms with van der Waals surface area (Å²) in [6.07, 6.45) is 4.04. The van der Waals surface area contributed by atoms with Crippen molar-refractivity contribution in [2.45, 2.75) is 32.6 Å². The Hall–Kier alpha value is -3.74. The van der Waals surface area contributed by atoms with Gasteiger partial charge in [-0.05, 0) is 35.4 Å². The van der Waals surface area contributed by atoms with Gasteiger partial charge in [0, 0.05) is 34.5 Å². The lowest BCUT2D eigenvalue weighted by atomic mass is 9.92. The molecule has 162 valence electrons. The highest BCUT2D eigenvalue weighted by Crippen LogP contribution is 2.31. The minimum Gasteiger partial charge on any atom is -0.324 e. The fourth-order valence-corrected chi connectivity index (χ4v) is 3.45. The summed E-state index contributed by atoms with van der Waals surface area (Å²) >= 11 is 0. The highest BCUT2D eigenvalue weighted by atomic mass is 19.1. The number of rotatable bonds is 4. The van der Waals surface area contributed by atoms with Crippen LogP contribution in [0.4, 0.5) is 14.5 Å². The third-order valence-corrected chi connectivity index (χ3v) is 5.22. The first-order valence-electron chi connectivity index (χ1n) is 10.1. The Morgan fingerprint density at radius 1 is 1.03 bits per heavy atom. The predicted molar refractivity (Wildman–Crippen MR) is 121 cm³/mol. The van der Waals surface area contributed by atoms with Gasteiger partial charge in [-0.2, -0.15) is 0 Å². The normalized spacial score (nSPS) is 13.0. The van der Waals surface area contributed by atoms with E-state index in [2.05, 4.69) is 36.1 Å². The maximum atomic E-state index is 14.7. The van der Waals surface area contributed by atoms with Crippen molar-refractivity contribution in [2.24, 2.45) is 0 Å². The second kappa shape index (κ2) is 8.07. The molecule has 3 aromatic rings. The van der Waals surface area contributed by atoms with Gasteiger partial charge in [0.2, 0.25) is 5.91 Å². The molecule has 0 fully saturated rings. The van der Waals surface area contributed by atoms with Gasteiger partial charge in [0.25, 0.3) is 0 Å². The van der Waals surface area contributed by atoms with Gasteiger partial charge < -0.3 is 5.32 Å². The van der Waals surface area contributed by atoms with Crippen molar-refractivity contribution in [3.05, 3.63) is 83.2 Å². The molecule has 1 aliphatic rings. The van der Waals surface area contributed by atoms with Crippen LogP contribution < -0.4 is 5.32 Å². The third kappa shape index (κ3) is 4.32. The molecule has 0 spiro atoms. The van der Waals surface area contributed by atoms with Gasteiger partial charge in [-0.25, -0.2) is 8.78 Å². The van der Waals surface area contributed by atoms with E-state index in [0.717, 1.165) is 11.8 Å². The highest BCUT2D eigenvalue weighted by molar-refractivity contribution is 6.15. The second-order valence-corrected chi connectivity index (χ2v) is 8.74. The van der Waals surface area contributed by atoms with Crippen LogP contribution in [-0.4, -0.2) is 21.6 Å². The van der Waals surface area contributed by atoms with Gasteiger partial charge in [-0.15, -0.1) is 0 Å². The molecule has 0 saturated heterocycles. The van der Waals surface area contributed by atoms with Crippen molar-refractivity contribution in [1.29, 1.82) is 5.41 Å². The zero-order valence-electron chi connectivity index (χ0n) is 18.0. The lowest BCUT2D eigenvalue weighted by Gasteiger charge is -2.17. The average Bonchev–Trinajstić information content (AvgIpc) is 3.02. The zero-order chi connectivity index (χ0) is 23.0. The van der Waals surface area contributed by atoms with Crippen molar-refractivity contribution in [1.82, 2.24) is 9.97 Å². The van der Waals surface area contributed by atoms with E-state index in [4.69, 9.17) is 5.41 Å². The monoisotopic (exact) mass is 432 g/mol. The molecule has 1 aromatic carbocycles. The molecule has 2 heterocycles. The fourth-order valence-electron chi connectivity index (χ4n) is 3.45. The molecule has 1 amide bonds. The molecule has 2 aromatic heterocycles. The smallest absolute Gasteiger partial charge is 0.228 e. The number of nitrogens with zero attached hydrogens (tertiary/aromatic N) is 2. The molecule has 0 aliphatic heterocycles. The Labute approximate surface area is 184 Å². The molecule has 5 nitrogen and oxygen atoms in total. The molecular weight excluding hydrogens is 410 g/mol. The summed E-state index contributed by atoms with van der Waals surface area (Å²) in [6, 6.07) is 9.68. The lowest BCUT2D eigenvalue weighted by Crippen LogP contribution is -2.17. The quantitative estimate of drug-likeness (QED) is 0.575. The summed E-state index contributed by atoms with van der Waals surface area (Å²) in [5, 5.41) is 10.4. The average molecular weight is 432 g/mol. The van der Waals surface area contributed by atoms with Crippen molar-refractivity contribution in [3.63, 3.8) is 0 Å². The van der Waals surface area contributed by atoms with Gasteiger partial charge >= 0.3 is 0 Å². The summed E-state index contributed by atoms with van der Waals surface area (Å²) in [6.45, 7) is 6.16. The molecule has 0 saturated carbocycles. The van der Waals surface area contributed by atoms with E-state index < -0.39 is 11.6 Å². The number of fused-ring (bicyclic) bond motifs is 1. The Kier molecular flexibility index (Phi) is 5.42. The number of carbonyl (C=O) groups is 1. The first kappa shape index (κ1) is 21.5. The van der Waals surface area contributed by atoms with Crippen LogP contribution in [0.1, 0.15) is 43.3 Å². The molecular formula is C25H22F2N4O. The molecule has 0 bridgehead atoms. The van der Waals surface area contributed by atoms with Crippen LogP contribution in [0.25, 0.3) is 17.0 Å². The van der Waals surface area contributed by atoms with Gasteiger partial charge in [0.1, 0.15) is 11.6 Å². The number of hydrogen-bond donors (Lipinski definition) is 2. The largest absolute Gasteiger partial charge is 0.324 e. The Morgan fingerprint density at radius 2 is 1.81 bits per heavy atom. The Balaban J connectivity index is 1.47. The topological polar surface area (TPSA) is 78.7 Å². The lowest BCUT2D eigenvalue weighted by molar-refractivity contribution is -0.115. The van der Waals surface area contributed by atoms with Crippen LogP contribution in [-0.2, 0) is 16.6 Å². The first-order chi connectivity index (χ1) is 15.1. The van der Waals surface area contributed by atoms with Crippen LogP contribution in [0.15, 0.2) is 54.9 Å². The van der Waals surface area contributed by atoms with E-state index in [1.54, 1.807) is 24.4 Å². The van der Waals surface area contributed by atoms with Gasteiger partial charge in [0.15, 0.2) is 0 Å². The maximum Gasteiger partial charge on any atom is 0.228 e. The van der Waals surface area contributed by atoms with E-state index in [-0.39, 0.29) is 40.3 Å². The van der Waals surface area contributed by atoms with E-state index in [0.29, 0.717) is 16.8 Å². The predicted octanol–water partition coefficient (Wildman–Crippen LogP) is 5.45. The molecule has 0 atom stereocenters. The molecule has 7 heteroatoms. The summed E-state index contributed by atoms with van der Waals surface area (Å²) in [4.78, 5) is 20.9. The van der Waals surface area contributed by atoms with Crippen molar-refractivity contribution in [2.75, 3.05) is 5.32 Å². The number of amides is 1. The van der Waals surface area contributed by atoms with Crippen LogP contribution >= 0.6 is 0 Å². The second-order valence-electron chi connectivity index (χ2n) is 8.74. The summed E-state index contributed by atoms with van der Waals surface area (Å²) in [5.74, 6) is -1.42. The molecule has 2 N–H and O–H groups in total. The molecule has 0 unspecified atom stereocenters. The molecule has 4 rings (SSSR count). The van der Waals surface area contributed by atoms with Crippen LogP contribution in [0.5, 0.6) is 0 Å². The Bertz CT molecular complexity index is 1260. The number of pyridine rings is 2. The standard InChI is InChI=1S/C25H22F2N4O/c1-25(2,3)22-7-6-17(13-29-22)31-23(32)10-15-5-4-14(9-19(15)26)16-8-18-20(27)11-21(28)24(18)30-12-16/h4-9,11-13,28H,10H2,1-3H3,(H,31,32). The summed E-state index contributed by atoms with van der Waals surface area (Å²) < 4.78 is 28.7. The molecule has 1 aliphatic carbocycles. The van der Waals surface area contributed by atoms with E-state index in [1.807, 2.05) is 6.07 Å². The van der Waals surface area contributed by atoms with E-state index >= 15 is 0 Å². The van der Waals surface area contributed by atoms with E-state index in [1.165, 1.54) is 18.3 Å². The van der Waals surface area contributed by atoms with Crippen LogP contribution in [0, 0.1) is 11.2 Å². The molecule has 32 heavy (non-hydrogen) atoms. The minimum atomic E-state index is -0.539. The summed E-state index contributed by atoms with van der Waals surface area (Å²) in [5.41, 5.74) is 3.15. The van der Waals surface area contributed by atoms with Gasteiger partial charge in [0.05, 0.1) is 29.7 Å². The van der Waals surface area contributed by atoms with Crippen LogP contribution in [0.2, 0.25) is 0 Å². The molecule has 0 radical (unpaired) electrons. The fraction of sp³-hybridized carbons (Fsp3) is 0.200. The summed E-state index contributed by atoms with van der Waals surface area (Å²) in [7, 11) is 0. The van der Waals surface area contributed by atoms with Gasteiger partial charge in [-0.3, -0.25) is 20.2 Å². The van der Waals surface area contributed by atoms with Crippen molar-refractivity contribution >= 4 is 23.1 Å². The minimum absolute atomic E-state index is 0.0137. The maximum absolute atomic E-state index is 14.7. The van der Waals surface area contributed by atoms with E-state index in [9.17, 15) is 13.6 Å². The third-order valence-electron chi connectivity index (χ3n) is 5.22. The van der Waals surface area contributed by atoms with Crippen molar-refractivity contribution in [3.8, 4) is 11.1 Å². The number of halogens is 2. The first-order valence-corrected chi connectivity index (χ1v) is 10.1. The number of anilines is 1. The number of hydrogen-bond acceptors (Lipinski definition) is 4. The highest BCUT2D eigenvalue weighted by Gasteiger charge is 2.21. The zero-order valence-corrected chi connectivity index (χ0v) is 18.0. The Morgan fingerprint density at radius 3 is 2.47 bits per heavy atom. The number of aromatic nitrogens is 2.